The average molecular weight is 322 g/mol. The highest BCUT2D eigenvalue weighted by atomic mass is 35.5. The van der Waals surface area contributed by atoms with Crippen LogP contribution in [0.15, 0.2) is 47.6 Å². The van der Waals surface area contributed by atoms with Gasteiger partial charge in [0.2, 0.25) is 0 Å². The number of anilines is 1. The first-order chi connectivity index (χ1) is 10.0. The van der Waals surface area contributed by atoms with Gasteiger partial charge < -0.3 is 5.73 Å². The fourth-order valence-corrected chi connectivity index (χ4v) is 3.18. The molecule has 1 aromatic heterocycles. The summed E-state index contributed by atoms with van der Waals surface area (Å²) in [5.41, 5.74) is 6.30. The maximum absolute atomic E-state index is 12.3. The summed E-state index contributed by atoms with van der Waals surface area (Å²) in [5, 5.41) is 0.0976. The number of nitrogens with one attached hydrogen (secondary N) is 1. The van der Waals surface area contributed by atoms with Crippen molar-refractivity contribution < 1.29 is 8.42 Å². The molecule has 3 N–H and O–H groups in total. The van der Waals surface area contributed by atoms with E-state index in [-0.39, 0.29) is 16.5 Å². The fraction of sp³-hybridized carbons (Fsp3) is 0.0714. The van der Waals surface area contributed by atoms with Crippen molar-refractivity contribution >= 4 is 27.3 Å². The van der Waals surface area contributed by atoms with E-state index in [1.165, 1.54) is 24.5 Å². The summed E-state index contributed by atoms with van der Waals surface area (Å²) in [5.74, 6) is 5.47. The topological polar surface area (TPSA) is 85.1 Å². The first kappa shape index (κ1) is 15.3. The molecule has 0 atom stereocenters. The van der Waals surface area contributed by atoms with Crippen molar-refractivity contribution in [2.24, 2.45) is 5.73 Å². The fourth-order valence-electron chi connectivity index (χ4n) is 1.58. The molecule has 0 aliphatic heterocycles. The summed E-state index contributed by atoms with van der Waals surface area (Å²) in [6, 6.07) is 7.58. The maximum atomic E-state index is 12.3. The summed E-state index contributed by atoms with van der Waals surface area (Å²) in [6.07, 6.45) is 2.98. The van der Waals surface area contributed by atoms with E-state index in [4.69, 9.17) is 17.3 Å². The Kier molecular flexibility index (Phi) is 4.81. The molecule has 1 aromatic carbocycles. The Labute approximate surface area is 128 Å². The van der Waals surface area contributed by atoms with Crippen molar-refractivity contribution in [3.8, 4) is 11.8 Å². The third kappa shape index (κ3) is 3.95. The highest BCUT2D eigenvalue weighted by Gasteiger charge is 2.18. The number of rotatable bonds is 3. The molecule has 0 saturated carbocycles. The van der Waals surface area contributed by atoms with Crippen LogP contribution in [0, 0.1) is 11.8 Å². The number of hydrogen-bond donors (Lipinski definition) is 2. The largest absolute Gasteiger partial charge is 0.320 e. The number of nitrogens with zero attached hydrogens (tertiary/aromatic N) is 1. The SMILES string of the molecule is NCC#Cc1ccc(S(=O)(=O)Nc2ccncc2)c(Cl)c1. The number of sulfonamides is 1. The molecule has 0 fully saturated rings. The highest BCUT2D eigenvalue weighted by molar-refractivity contribution is 7.92. The Morgan fingerprint density at radius 1 is 1.24 bits per heavy atom. The Bertz CT molecular complexity index is 796. The molecule has 2 rings (SSSR count). The molecule has 0 saturated heterocycles. The van der Waals surface area contributed by atoms with E-state index in [0.717, 1.165) is 0 Å². The Morgan fingerprint density at radius 3 is 2.57 bits per heavy atom. The number of hydrogen-bond acceptors (Lipinski definition) is 4. The molecule has 0 radical (unpaired) electrons. The third-order valence-corrected chi connectivity index (χ3v) is 4.35. The maximum Gasteiger partial charge on any atom is 0.263 e. The van der Waals surface area contributed by atoms with Crippen LogP contribution in [0.25, 0.3) is 0 Å². The first-order valence-electron chi connectivity index (χ1n) is 5.94. The molecule has 0 bridgehead atoms. The molecule has 7 heteroatoms. The van der Waals surface area contributed by atoms with E-state index < -0.39 is 10.0 Å². The number of halogens is 1. The van der Waals surface area contributed by atoms with Crippen LogP contribution in [0.1, 0.15) is 5.56 Å². The van der Waals surface area contributed by atoms with Gasteiger partial charge in [-0.1, -0.05) is 23.4 Å². The summed E-state index contributed by atoms with van der Waals surface area (Å²) < 4.78 is 27.0. The van der Waals surface area contributed by atoms with E-state index in [9.17, 15) is 8.42 Å². The molecule has 2 aromatic rings. The van der Waals surface area contributed by atoms with Gasteiger partial charge in [0.05, 0.1) is 17.3 Å². The van der Waals surface area contributed by atoms with Gasteiger partial charge in [0, 0.05) is 18.0 Å². The normalized spacial score (nSPS) is 10.6. The minimum absolute atomic E-state index is 0.0146. The van der Waals surface area contributed by atoms with E-state index in [1.54, 1.807) is 18.2 Å². The van der Waals surface area contributed by atoms with E-state index in [1.807, 2.05) is 0 Å². The van der Waals surface area contributed by atoms with Crippen molar-refractivity contribution in [3.05, 3.63) is 53.3 Å². The second-order valence-electron chi connectivity index (χ2n) is 3.99. The first-order valence-corrected chi connectivity index (χ1v) is 7.80. The molecule has 1 heterocycles. The van der Waals surface area contributed by atoms with Crippen molar-refractivity contribution in [2.75, 3.05) is 11.3 Å². The molecule has 5 nitrogen and oxygen atoms in total. The van der Waals surface area contributed by atoms with Gasteiger partial charge in [-0.25, -0.2) is 8.42 Å². The van der Waals surface area contributed by atoms with Gasteiger partial charge >= 0.3 is 0 Å². The zero-order valence-electron chi connectivity index (χ0n) is 10.9. The number of benzene rings is 1. The monoisotopic (exact) mass is 321 g/mol. The van der Waals surface area contributed by atoms with Crippen LogP contribution in [0.3, 0.4) is 0 Å². The summed E-state index contributed by atoms with van der Waals surface area (Å²) in [4.78, 5) is 3.80. The Hall–Kier alpha value is -2.07. The van der Waals surface area contributed by atoms with Gasteiger partial charge in [0.1, 0.15) is 4.90 Å². The van der Waals surface area contributed by atoms with Crippen LogP contribution in [0.5, 0.6) is 0 Å². The van der Waals surface area contributed by atoms with Gasteiger partial charge in [-0.3, -0.25) is 9.71 Å². The van der Waals surface area contributed by atoms with Crippen molar-refractivity contribution in [1.82, 2.24) is 4.98 Å². The van der Waals surface area contributed by atoms with Gasteiger partial charge in [0.15, 0.2) is 0 Å². The quantitative estimate of drug-likeness (QED) is 0.845. The van der Waals surface area contributed by atoms with E-state index in [2.05, 4.69) is 21.5 Å². The van der Waals surface area contributed by atoms with Crippen LogP contribution in [-0.2, 0) is 10.0 Å². The Balaban J connectivity index is 2.32. The molecular weight excluding hydrogens is 310 g/mol. The summed E-state index contributed by atoms with van der Waals surface area (Å²) in [6.45, 7) is 0.223. The predicted molar refractivity (Wildman–Crippen MR) is 82.4 cm³/mol. The highest BCUT2D eigenvalue weighted by Crippen LogP contribution is 2.24. The van der Waals surface area contributed by atoms with E-state index >= 15 is 0 Å². The lowest BCUT2D eigenvalue weighted by Gasteiger charge is -2.09. The number of aromatic nitrogens is 1. The lowest BCUT2D eigenvalue weighted by Crippen LogP contribution is -2.13. The van der Waals surface area contributed by atoms with Gasteiger partial charge in [-0.15, -0.1) is 0 Å². The van der Waals surface area contributed by atoms with Crippen LogP contribution >= 0.6 is 11.6 Å². The van der Waals surface area contributed by atoms with E-state index in [0.29, 0.717) is 11.3 Å². The molecule has 0 amide bonds. The smallest absolute Gasteiger partial charge is 0.263 e. The second-order valence-corrected chi connectivity index (χ2v) is 6.05. The molecule has 0 aliphatic carbocycles. The lowest BCUT2D eigenvalue weighted by molar-refractivity contribution is 0.601. The van der Waals surface area contributed by atoms with Crippen LogP contribution in [0.4, 0.5) is 5.69 Å². The standard InChI is InChI=1S/C14H12ClN3O2S/c15-13-10-11(2-1-7-16)3-4-14(13)21(19,20)18-12-5-8-17-9-6-12/h3-6,8-10H,7,16H2,(H,17,18). The average Bonchev–Trinajstić information content (AvgIpc) is 2.45. The van der Waals surface area contributed by atoms with Gasteiger partial charge in [-0.2, -0.15) is 0 Å². The summed E-state index contributed by atoms with van der Waals surface area (Å²) >= 11 is 6.03. The van der Waals surface area contributed by atoms with Crippen LogP contribution in [0.2, 0.25) is 5.02 Å². The van der Waals surface area contributed by atoms with Gasteiger partial charge in [-0.05, 0) is 30.3 Å². The zero-order chi connectivity index (χ0) is 15.3. The minimum Gasteiger partial charge on any atom is -0.320 e. The summed E-state index contributed by atoms with van der Waals surface area (Å²) in [7, 11) is -3.76. The van der Waals surface area contributed by atoms with Crippen LogP contribution < -0.4 is 10.5 Å². The third-order valence-electron chi connectivity index (χ3n) is 2.49. The molecule has 108 valence electrons. The molecule has 21 heavy (non-hydrogen) atoms. The Morgan fingerprint density at radius 2 is 1.95 bits per heavy atom. The second kappa shape index (κ2) is 6.59. The lowest BCUT2D eigenvalue weighted by atomic mass is 10.2. The van der Waals surface area contributed by atoms with Crippen molar-refractivity contribution in [3.63, 3.8) is 0 Å². The molecule has 0 aliphatic rings. The molecule has 0 spiro atoms. The van der Waals surface area contributed by atoms with Crippen molar-refractivity contribution in [2.45, 2.75) is 4.90 Å². The molecular formula is C14H12ClN3O2S. The zero-order valence-corrected chi connectivity index (χ0v) is 12.4. The van der Waals surface area contributed by atoms with Crippen LogP contribution in [-0.4, -0.2) is 19.9 Å². The van der Waals surface area contributed by atoms with Gasteiger partial charge in [0.25, 0.3) is 10.0 Å². The predicted octanol–water partition coefficient (Wildman–Crippen LogP) is 1.85. The minimum atomic E-state index is -3.76. The van der Waals surface area contributed by atoms with Crippen molar-refractivity contribution in [1.29, 1.82) is 0 Å². The number of nitrogens with two attached hydrogens (primary N) is 1. The number of pyridine rings is 1. The molecule has 0 unspecified atom stereocenters.